The third-order valence-electron chi connectivity index (χ3n) is 3.59. The number of rotatable bonds is 2. The molecule has 1 N–H and O–H groups in total. The Kier molecular flexibility index (Phi) is 3.72. The molecule has 1 aromatic heterocycles. The molecule has 2 atom stereocenters. The Morgan fingerprint density at radius 1 is 1.25 bits per heavy atom. The molecule has 3 rings (SSSR count). The van der Waals surface area contributed by atoms with Gasteiger partial charge in [-0.05, 0) is 31.5 Å². The van der Waals surface area contributed by atoms with E-state index in [0.29, 0.717) is 18.4 Å². The Morgan fingerprint density at radius 2 is 2.00 bits per heavy atom. The molecule has 1 aliphatic rings. The van der Waals surface area contributed by atoms with E-state index in [1.807, 2.05) is 30.3 Å². The Hall–Kier alpha value is -1.46. The van der Waals surface area contributed by atoms with Gasteiger partial charge in [0, 0.05) is 28.8 Å². The molecule has 5 heteroatoms. The summed E-state index contributed by atoms with van der Waals surface area (Å²) in [5.74, 6) is 1.59. The zero-order chi connectivity index (χ0) is 14.1. The van der Waals surface area contributed by atoms with E-state index in [1.54, 1.807) is 6.20 Å². The van der Waals surface area contributed by atoms with Crippen LogP contribution < -0.4 is 4.90 Å². The summed E-state index contributed by atoms with van der Waals surface area (Å²) >= 11 is 3.42. The monoisotopic (exact) mass is 333 g/mol. The van der Waals surface area contributed by atoms with Gasteiger partial charge in [-0.2, -0.15) is 0 Å². The molecule has 0 saturated carbocycles. The van der Waals surface area contributed by atoms with Gasteiger partial charge in [0.25, 0.3) is 0 Å². The van der Waals surface area contributed by atoms with Crippen molar-refractivity contribution in [3.8, 4) is 11.4 Å². The van der Waals surface area contributed by atoms with Crippen LogP contribution in [-0.4, -0.2) is 33.8 Å². The van der Waals surface area contributed by atoms with Crippen LogP contribution in [0.4, 0.5) is 5.82 Å². The number of β-amino-alcohol motifs (C(OH)–C–C–N with tert-alkyl or cyclic N) is 1. The molecule has 104 valence electrons. The number of hydrogen-bond acceptors (Lipinski definition) is 4. The van der Waals surface area contributed by atoms with E-state index in [4.69, 9.17) is 0 Å². The molecule has 0 radical (unpaired) electrons. The van der Waals surface area contributed by atoms with Crippen LogP contribution in [0.15, 0.2) is 41.0 Å². The molecule has 0 bridgehead atoms. The van der Waals surface area contributed by atoms with Gasteiger partial charge in [0.15, 0.2) is 5.82 Å². The van der Waals surface area contributed by atoms with Crippen LogP contribution in [0.25, 0.3) is 11.4 Å². The molecule has 0 aliphatic carbocycles. The van der Waals surface area contributed by atoms with E-state index in [-0.39, 0.29) is 6.10 Å². The zero-order valence-electron chi connectivity index (χ0n) is 11.2. The Balaban J connectivity index is 1.92. The van der Waals surface area contributed by atoms with Crippen molar-refractivity contribution in [1.82, 2.24) is 9.97 Å². The summed E-state index contributed by atoms with van der Waals surface area (Å²) in [6.07, 6.45) is 2.30. The molecule has 20 heavy (non-hydrogen) atoms. The van der Waals surface area contributed by atoms with Crippen molar-refractivity contribution in [2.45, 2.75) is 25.5 Å². The topological polar surface area (TPSA) is 49.2 Å². The SMILES string of the molecule is CC1CC(O)CN1c1ccnc(-c2ccc(Br)cc2)n1. The Morgan fingerprint density at radius 3 is 2.65 bits per heavy atom. The minimum Gasteiger partial charge on any atom is -0.391 e. The fraction of sp³-hybridized carbons (Fsp3) is 0.333. The highest BCUT2D eigenvalue weighted by molar-refractivity contribution is 9.10. The summed E-state index contributed by atoms with van der Waals surface area (Å²) in [5, 5.41) is 9.76. The number of benzene rings is 1. The van der Waals surface area contributed by atoms with E-state index in [0.717, 1.165) is 22.3 Å². The summed E-state index contributed by atoms with van der Waals surface area (Å²) in [6, 6.07) is 10.1. The highest BCUT2D eigenvalue weighted by Crippen LogP contribution is 2.26. The van der Waals surface area contributed by atoms with Crippen LogP contribution >= 0.6 is 15.9 Å². The molecule has 1 aliphatic heterocycles. The maximum atomic E-state index is 9.76. The first-order chi connectivity index (χ1) is 9.63. The van der Waals surface area contributed by atoms with Gasteiger partial charge in [-0.25, -0.2) is 9.97 Å². The molecule has 1 fully saturated rings. The predicted molar refractivity (Wildman–Crippen MR) is 82.6 cm³/mol. The molecule has 0 spiro atoms. The number of aliphatic hydroxyl groups is 1. The summed E-state index contributed by atoms with van der Waals surface area (Å²) < 4.78 is 1.04. The van der Waals surface area contributed by atoms with E-state index in [9.17, 15) is 5.11 Å². The summed E-state index contributed by atoms with van der Waals surface area (Å²) in [5.41, 5.74) is 0.988. The van der Waals surface area contributed by atoms with Crippen LogP contribution in [0.3, 0.4) is 0 Å². The third-order valence-corrected chi connectivity index (χ3v) is 4.12. The molecule has 1 aromatic carbocycles. The van der Waals surface area contributed by atoms with E-state index >= 15 is 0 Å². The lowest BCUT2D eigenvalue weighted by Gasteiger charge is -2.22. The molecule has 2 heterocycles. The first kappa shape index (κ1) is 13.5. The summed E-state index contributed by atoms with van der Waals surface area (Å²) in [7, 11) is 0. The maximum absolute atomic E-state index is 9.76. The summed E-state index contributed by atoms with van der Waals surface area (Å²) in [4.78, 5) is 11.1. The van der Waals surface area contributed by atoms with Gasteiger partial charge in [0.2, 0.25) is 0 Å². The van der Waals surface area contributed by atoms with E-state index in [2.05, 4.69) is 37.7 Å². The number of halogens is 1. The fourth-order valence-electron chi connectivity index (χ4n) is 2.57. The lowest BCUT2D eigenvalue weighted by atomic mass is 10.2. The number of aromatic nitrogens is 2. The third kappa shape index (κ3) is 2.69. The Labute approximate surface area is 126 Å². The van der Waals surface area contributed by atoms with Crippen LogP contribution in [-0.2, 0) is 0 Å². The lowest BCUT2D eigenvalue weighted by molar-refractivity contribution is 0.195. The van der Waals surface area contributed by atoms with Crippen LogP contribution in [0.5, 0.6) is 0 Å². The van der Waals surface area contributed by atoms with Crippen molar-refractivity contribution < 1.29 is 5.11 Å². The van der Waals surface area contributed by atoms with Crippen molar-refractivity contribution in [2.75, 3.05) is 11.4 Å². The van der Waals surface area contributed by atoms with Gasteiger partial charge in [-0.3, -0.25) is 0 Å². The second-order valence-corrected chi connectivity index (χ2v) is 6.05. The minimum absolute atomic E-state index is 0.268. The summed E-state index contributed by atoms with van der Waals surface area (Å²) in [6.45, 7) is 2.75. The van der Waals surface area contributed by atoms with Gasteiger partial charge in [-0.15, -0.1) is 0 Å². The highest BCUT2D eigenvalue weighted by atomic mass is 79.9. The number of hydrogen-bond donors (Lipinski definition) is 1. The van der Waals surface area contributed by atoms with Crippen molar-refractivity contribution in [3.05, 3.63) is 41.0 Å². The number of anilines is 1. The standard InChI is InChI=1S/C15H16BrN3O/c1-10-8-13(20)9-19(10)14-6-7-17-15(18-14)11-2-4-12(16)5-3-11/h2-7,10,13,20H,8-9H2,1H3. The quantitative estimate of drug-likeness (QED) is 0.918. The van der Waals surface area contributed by atoms with Crippen molar-refractivity contribution in [2.24, 2.45) is 0 Å². The van der Waals surface area contributed by atoms with Crippen molar-refractivity contribution in [1.29, 1.82) is 0 Å². The molecular formula is C15H16BrN3O. The van der Waals surface area contributed by atoms with Crippen molar-refractivity contribution >= 4 is 21.7 Å². The molecule has 2 aromatic rings. The second-order valence-electron chi connectivity index (χ2n) is 5.14. The molecule has 4 nitrogen and oxygen atoms in total. The first-order valence-electron chi connectivity index (χ1n) is 6.67. The second kappa shape index (κ2) is 5.50. The highest BCUT2D eigenvalue weighted by Gasteiger charge is 2.28. The van der Waals surface area contributed by atoms with Gasteiger partial charge >= 0.3 is 0 Å². The van der Waals surface area contributed by atoms with Crippen LogP contribution in [0.1, 0.15) is 13.3 Å². The normalized spacial score (nSPS) is 22.2. The van der Waals surface area contributed by atoms with Crippen LogP contribution in [0.2, 0.25) is 0 Å². The first-order valence-corrected chi connectivity index (χ1v) is 7.46. The zero-order valence-corrected chi connectivity index (χ0v) is 12.8. The van der Waals surface area contributed by atoms with Gasteiger partial charge < -0.3 is 10.0 Å². The molecule has 0 amide bonds. The van der Waals surface area contributed by atoms with Gasteiger partial charge in [-0.1, -0.05) is 28.1 Å². The van der Waals surface area contributed by atoms with Crippen molar-refractivity contribution in [3.63, 3.8) is 0 Å². The average Bonchev–Trinajstić information content (AvgIpc) is 2.79. The molecular weight excluding hydrogens is 318 g/mol. The van der Waals surface area contributed by atoms with Gasteiger partial charge in [0.05, 0.1) is 6.10 Å². The minimum atomic E-state index is -0.268. The lowest BCUT2D eigenvalue weighted by Crippen LogP contribution is -2.28. The van der Waals surface area contributed by atoms with Crippen LogP contribution in [0, 0.1) is 0 Å². The number of aliphatic hydroxyl groups excluding tert-OH is 1. The Bertz CT molecular complexity index is 602. The largest absolute Gasteiger partial charge is 0.391 e. The smallest absolute Gasteiger partial charge is 0.161 e. The molecule has 2 unspecified atom stereocenters. The predicted octanol–water partition coefficient (Wildman–Crippen LogP) is 2.87. The van der Waals surface area contributed by atoms with E-state index < -0.39 is 0 Å². The maximum Gasteiger partial charge on any atom is 0.161 e. The average molecular weight is 334 g/mol. The van der Waals surface area contributed by atoms with Gasteiger partial charge in [0.1, 0.15) is 5.82 Å². The fourth-order valence-corrected chi connectivity index (χ4v) is 2.83. The molecule has 1 saturated heterocycles. The van der Waals surface area contributed by atoms with E-state index in [1.165, 1.54) is 0 Å². The number of nitrogens with zero attached hydrogens (tertiary/aromatic N) is 3.